The van der Waals surface area contributed by atoms with Gasteiger partial charge in [-0.2, -0.15) is 5.26 Å². The maximum absolute atomic E-state index is 8.75. The minimum Gasteiger partial charge on any atom is -0.457 e. The van der Waals surface area contributed by atoms with E-state index in [2.05, 4.69) is 10.1 Å². The predicted molar refractivity (Wildman–Crippen MR) is 76.8 cm³/mol. The number of para-hydroxylation sites is 2. The predicted octanol–water partition coefficient (Wildman–Crippen LogP) is 2.99. The molecule has 0 aliphatic heterocycles. The van der Waals surface area contributed by atoms with Crippen molar-refractivity contribution in [3.8, 4) is 17.6 Å². The van der Waals surface area contributed by atoms with E-state index in [0.717, 1.165) is 17.1 Å². The second-order valence-electron chi connectivity index (χ2n) is 4.40. The number of nitriles is 1. The van der Waals surface area contributed by atoms with Crippen molar-refractivity contribution >= 4 is 0 Å². The van der Waals surface area contributed by atoms with Crippen molar-refractivity contribution in [2.75, 3.05) is 0 Å². The lowest BCUT2D eigenvalue weighted by Crippen LogP contribution is -2.02. The Kier molecular flexibility index (Phi) is 3.61. The largest absolute Gasteiger partial charge is 0.457 e. The molecule has 21 heavy (non-hydrogen) atoms. The molecule has 0 amide bonds. The molecule has 0 aliphatic rings. The minimum absolute atomic E-state index is 0.163. The number of rotatable bonds is 4. The molecule has 0 unspecified atom stereocenters. The lowest BCUT2D eigenvalue weighted by Gasteiger charge is -2.10. The molecule has 0 bridgehead atoms. The lowest BCUT2D eigenvalue weighted by molar-refractivity contribution is 0.472. The van der Waals surface area contributed by atoms with Crippen LogP contribution in [0, 0.1) is 11.3 Å². The second-order valence-corrected chi connectivity index (χ2v) is 4.40. The zero-order valence-corrected chi connectivity index (χ0v) is 11.2. The number of ether oxygens (including phenoxy) is 1. The molecule has 102 valence electrons. The summed E-state index contributed by atoms with van der Waals surface area (Å²) in [5, 5.41) is 12.8. The van der Waals surface area contributed by atoms with E-state index >= 15 is 0 Å². The van der Waals surface area contributed by atoms with Gasteiger partial charge in [0.1, 0.15) is 23.9 Å². The molecule has 3 aromatic rings. The monoisotopic (exact) mass is 276 g/mol. The Hall–Kier alpha value is -3.13. The maximum Gasteiger partial charge on any atom is 0.252 e. The first-order chi connectivity index (χ1) is 10.3. The highest BCUT2D eigenvalue weighted by molar-refractivity contribution is 5.37. The van der Waals surface area contributed by atoms with Crippen molar-refractivity contribution in [3.05, 3.63) is 72.3 Å². The molecule has 1 heterocycles. The zero-order valence-electron chi connectivity index (χ0n) is 11.2. The summed E-state index contributed by atoms with van der Waals surface area (Å²) < 4.78 is 7.51. The van der Waals surface area contributed by atoms with Crippen molar-refractivity contribution in [1.82, 2.24) is 14.8 Å². The van der Waals surface area contributed by atoms with Crippen LogP contribution in [-0.2, 0) is 6.54 Å². The number of hydrogen-bond acceptors (Lipinski definition) is 4. The Morgan fingerprint density at radius 1 is 1.05 bits per heavy atom. The molecule has 0 saturated heterocycles. The topological polar surface area (TPSA) is 63.7 Å². The molecule has 0 spiro atoms. The average Bonchev–Trinajstić information content (AvgIpc) is 2.98. The van der Waals surface area contributed by atoms with Crippen molar-refractivity contribution in [1.29, 1.82) is 5.26 Å². The standard InChI is InChI=1S/C16H12N4O/c17-10-16-18-12-20(19-16)11-13-6-4-5-9-15(13)21-14-7-2-1-3-8-14/h1-9,12H,11H2. The lowest BCUT2D eigenvalue weighted by atomic mass is 10.2. The van der Waals surface area contributed by atoms with E-state index in [9.17, 15) is 0 Å². The van der Waals surface area contributed by atoms with Crippen LogP contribution in [-0.4, -0.2) is 14.8 Å². The highest BCUT2D eigenvalue weighted by Crippen LogP contribution is 2.25. The third-order valence-electron chi connectivity index (χ3n) is 2.91. The second kappa shape index (κ2) is 5.88. The number of nitrogens with zero attached hydrogens (tertiary/aromatic N) is 4. The summed E-state index contributed by atoms with van der Waals surface area (Å²) in [6.45, 7) is 0.498. The van der Waals surface area contributed by atoms with Crippen LogP contribution in [0.25, 0.3) is 0 Å². The van der Waals surface area contributed by atoms with E-state index < -0.39 is 0 Å². The van der Waals surface area contributed by atoms with E-state index in [1.54, 1.807) is 4.68 Å². The van der Waals surface area contributed by atoms with E-state index in [0.29, 0.717) is 6.54 Å². The summed E-state index contributed by atoms with van der Waals surface area (Å²) in [7, 11) is 0. The summed E-state index contributed by atoms with van der Waals surface area (Å²) in [6, 6.07) is 19.2. The summed E-state index contributed by atoms with van der Waals surface area (Å²) >= 11 is 0. The quantitative estimate of drug-likeness (QED) is 0.734. The molecule has 1 aromatic heterocycles. The summed E-state index contributed by atoms with van der Waals surface area (Å²) in [6.07, 6.45) is 1.54. The van der Waals surface area contributed by atoms with Gasteiger partial charge in [-0.25, -0.2) is 9.67 Å². The molecular weight excluding hydrogens is 264 g/mol. The van der Waals surface area contributed by atoms with Gasteiger partial charge in [-0.1, -0.05) is 36.4 Å². The van der Waals surface area contributed by atoms with Crippen LogP contribution in [0.5, 0.6) is 11.5 Å². The average molecular weight is 276 g/mol. The molecular formula is C16H12N4O. The number of aromatic nitrogens is 3. The van der Waals surface area contributed by atoms with Gasteiger partial charge in [0, 0.05) is 5.56 Å². The third-order valence-corrected chi connectivity index (χ3v) is 2.91. The molecule has 0 N–H and O–H groups in total. The molecule has 5 heteroatoms. The Balaban J connectivity index is 1.84. The summed E-state index contributed by atoms with van der Waals surface area (Å²) in [4.78, 5) is 3.89. The van der Waals surface area contributed by atoms with Crippen LogP contribution in [0.4, 0.5) is 0 Å². The number of benzene rings is 2. The smallest absolute Gasteiger partial charge is 0.252 e. The van der Waals surface area contributed by atoms with Crippen molar-refractivity contribution in [2.45, 2.75) is 6.54 Å². The van der Waals surface area contributed by atoms with Gasteiger partial charge < -0.3 is 4.74 Å². The molecule has 3 rings (SSSR count). The summed E-state index contributed by atoms with van der Waals surface area (Å²) in [5.74, 6) is 1.70. The van der Waals surface area contributed by atoms with Crippen molar-refractivity contribution < 1.29 is 4.74 Å². The van der Waals surface area contributed by atoms with Crippen LogP contribution >= 0.6 is 0 Å². The fraction of sp³-hybridized carbons (Fsp3) is 0.0625. The third kappa shape index (κ3) is 3.07. The molecule has 5 nitrogen and oxygen atoms in total. The van der Waals surface area contributed by atoms with Crippen LogP contribution in [0.3, 0.4) is 0 Å². The molecule has 0 aliphatic carbocycles. The van der Waals surface area contributed by atoms with Gasteiger partial charge in [-0.15, -0.1) is 5.10 Å². The van der Waals surface area contributed by atoms with Crippen LogP contribution in [0.1, 0.15) is 11.4 Å². The Morgan fingerprint density at radius 3 is 2.57 bits per heavy atom. The first-order valence-electron chi connectivity index (χ1n) is 6.45. The van der Waals surface area contributed by atoms with Crippen LogP contribution in [0.2, 0.25) is 0 Å². The van der Waals surface area contributed by atoms with E-state index in [-0.39, 0.29) is 5.82 Å². The van der Waals surface area contributed by atoms with E-state index in [4.69, 9.17) is 10.00 Å². The Labute approximate surface area is 122 Å². The van der Waals surface area contributed by atoms with Gasteiger partial charge in [0.2, 0.25) is 0 Å². The van der Waals surface area contributed by atoms with E-state index in [1.807, 2.05) is 60.7 Å². The van der Waals surface area contributed by atoms with Crippen LogP contribution in [0.15, 0.2) is 60.9 Å². The highest BCUT2D eigenvalue weighted by Gasteiger charge is 2.07. The maximum atomic E-state index is 8.75. The molecule has 2 aromatic carbocycles. The van der Waals surface area contributed by atoms with Gasteiger partial charge >= 0.3 is 0 Å². The molecule has 0 atom stereocenters. The Morgan fingerprint density at radius 2 is 1.81 bits per heavy atom. The SMILES string of the molecule is N#Cc1ncn(Cc2ccccc2Oc2ccccc2)n1. The van der Waals surface area contributed by atoms with Gasteiger partial charge in [-0.05, 0) is 18.2 Å². The Bertz CT molecular complexity index is 774. The first kappa shape index (κ1) is 12.9. The van der Waals surface area contributed by atoms with Gasteiger partial charge in [0.05, 0.1) is 6.54 Å². The van der Waals surface area contributed by atoms with Crippen molar-refractivity contribution in [2.24, 2.45) is 0 Å². The molecule has 0 radical (unpaired) electrons. The van der Waals surface area contributed by atoms with Gasteiger partial charge in [-0.3, -0.25) is 0 Å². The van der Waals surface area contributed by atoms with E-state index in [1.165, 1.54) is 6.33 Å². The zero-order chi connectivity index (χ0) is 14.5. The molecule has 0 fully saturated rings. The number of hydrogen-bond donors (Lipinski definition) is 0. The van der Waals surface area contributed by atoms with Gasteiger partial charge in [0.15, 0.2) is 0 Å². The molecule has 0 saturated carbocycles. The highest BCUT2D eigenvalue weighted by atomic mass is 16.5. The fourth-order valence-electron chi connectivity index (χ4n) is 1.95. The fourth-order valence-corrected chi connectivity index (χ4v) is 1.95. The normalized spacial score (nSPS) is 10.0. The van der Waals surface area contributed by atoms with Crippen molar-refractivity contribution in [3.63, 3.8) is 0 Å². The summed E-state index contributed by atoms with van der Waals surface area (Å²) in [5.41, 5.74) is 0.968. The van der Waals surface area contributed by atoms with Gasteiger partial charge in [0.25, 0.3) is 5.82 Å². The minimum atomic E-state index is 0.163. The van der Waals surface area contributed by atoms with Crippen LogP contribution < -0.4 is 4.74 Å². The first-order valence-corrected chi connectivity index (χ1v) is 6.45.